The normalized spacial score (nSPS) is 12.0. The van der Waals surface area contributed by atoms with E-state index >= 15 is 0 Å². The third-order valence-corrected chi connectivity index (χ3v) is 3.69. The third kappa shape index (κ3) is 5.24. The molecule has 1 aromatic heterocycles. The maximum Gasteiger partial charge on any atom is 0.417 e. The number of carbonyl (C=O) groups excluding carboxylic acids is 1. The first-order valence-electron chi connectivity index (χ1n) is 5.82. The second-order valence-corrected chi connectivity index (χ2v) is 5.71. The molecule has 0 saturated carbocycles. The SMILES string of the molecule is CN(C)/C=C(\C#N)C(=O)CSc1ncc(C(F)(F)F)cc1Cl. The molecule has 0 amide bonds. The number of hydrogen-bond acceptors (Lipinski definition) is 5. The maximum atomic E-state index is 12.5. The molecule has 0 aliphatic carbocycles. The van der Waals surface area contributed by atoms with E-state index in [-0.39, 0.29) is 21.4 Å². The van der Waals surface area contributed by atoms with Crippen LogP contribution in [0.1, 0.15) is 5.56 Å². The topological polar surface area (TPSA) is 57.0 Å². The lowest BCUT2D eigenvalue weighted by atomic mass is 10.2. The van der Waals surface area contributed by atoms with Gasteiger partial charge in [-0.25, -0.2) is 4.98 Å². The van der Waals surface area contributed by atoms with E-state index in [1.807, 2.05) is 0 Å². The molecular formula is C13H11ClF3N3OS. The van der Waals surface area contributed by atoms with Crippen molar-refractivity contribution in [3.63, 3.8) is 0 Å². The van der Waals surface area contributed by atoms with E-state index in [1.54, 1.807) is 25.1 Å². The fraction of sp³-hybridized carbons (Fsp3) is 0.308. The molecule has 0 fully saturated rings. The monoisotopic (exact) mass is 349 g/mol. The molecule has 0 spiro atoms. The Morgan fingerprint density at radius 2 is 2.18 bits per heavy atom. The highest BCUT2D eigenvalue weighted by Crippen LogP contribution is 2.33. The summed E-state index contributed by atoms with van der Waals surface area (Å²) < 4.78 is 37.4. The summed E-state index contributed by atoms with van der Waals surface area (Å²) in [6.45, 7) is 0. The largest absolute Gasteiger partial charge is 0.417 e. The van der Waals surface area contributed by atoms with Gasteiger partial charge in [-0.1, -0.05) is 23.4 Å². The van der Waals surface area contributed by atoms with Gasteiger partial charge in [-0.2, -0.15) is 18.4 Å². The number of halogens is 4. The number of nitriles is 1. The fourth-order valence-electron chi connectivity index (χ4n) is 1.32. The van der Waals surface area contributed by atoms with Crippen LogP contribution in [0.2, 0.25) is 5.02 Å². The van der Waals surface area contributed by atoms with Crippen LogP contribution in [0.15, 0.2) is 29.1 Å². The Balaban J connectivity index is 2.81. The van der Waals surface area contributed by atoms with Gasteiger partial charge in [-0.15, -0.1) is 0 Å². The van der Waals surface area contributed by atoms with Gasteiger partial charge in [0.25, 0.3) is 0 Å². The van der Waals surface area contributed by atoms with Crippen molar-refractivity contribution in [2.45, 2.75) is 11.2 Å². The Morgan fingerprint density at radius 1 is 1.55 bits per heavy atom. The van der Waals surface area contributed by atoms with Crippen LogP contribution in [-0.2, 0) is 11.0 Å². The highest BCUT2D eigenvalue weighted by Gasteiger charge is 2.31. The molecule has 0 aliphatic heterocycles. The summed E-state index contributed by atoms with van der Waals surface area (Å²) in [5.74, 6) is -0.607. The van der Waals surface area contributed by atoms with Crippen molar-refractivity contribution in [2.75, 3.05) is 19.8 Å². The minimum Gasteiger partial charge on any atom is -0.382 e. The van der Waals surface area contributed by atoms with E-state index in [9.17, 15) is 18.0 Å². The van der Waals surface area contributed by atoms with Crippen LogP contribution in [0.25, 0.3) is 0 Å². The average Bonchev–Trinajstić information content (AvgIpc) is 2.41. The molecule has 0 radical (unpaired) electrons. The summed E-state index contributed by atoms with van der Waals surface area (Å²) in [5, 5.41) is 8.79. The smallest absolute Gasteiger partial charge is 0.382 e. The van der Waals surface area contributed by atoms with Gasteiger partial charge in [0.1, 0.15) is 16.7 Å². The Labute approximate surface area is 134 Å². The number of aromatic nitrogens is 1. The summed E-state index contributed by atoms with van der Waals surface area (Å²) in [6, 6.07) is 2.52. The maximum absolute atomic E-state index is 12.5. The number of nitrogens with zero attached hydrogens (tertiary/aromatic N) is 3. The van der Waals surface area contributed by atoms with Gasteiger partial charge < -0.3 is 4.90 Å². The lowest BCUT2D eigenvalue weighted by molar-refractivity contribution is -0.137. The zero-order valence-electron chi connectivity index (χ0n) is 11.6. The van der Waals surface area contributed by atoms with Crippen molar-refractivity contribution in [2.24, 2.45) is 0 Å². The molecule has 4 nitrogen and oxygen atoms in total. The molecule has 0 unspecified atom stereocenters. The van der Waals surface area contributed by atoms with Gasteiger partial charge in [0.2, 0.25) is 0 Å². The minimum atomic E-state index is -4.53. The van der Waals surface area contributed by atoms with Crippen molar-refractivity contribution in [1.29, 1.82) is 5.26 Å². The van der Waals surface area contributed by atoms with Crippen LogP contribution < -0.4 is 0 Å². The number of Topliss-reactive ketones (excluding diaryl/α,β-unsaturated/α-hetero) is 1. The minimum absolute atomic E-state index is 0.0551. The van der Waals surface area contributed by atoms with E-state index in [4.69, 9.17) is 16.9 Å². The fourth-order valence-corrected chi connectivity index (χ4v) is 2.40. The van der Waals surface area contributed by atoms with Gasteiger partial charge in [0.05, 0.1) is 16.3 Å². The molecule has 0 saturated heterocycles. The molecule has 22 heavy (non-hydrogen) atoms. The summed E-state index contributed by atoms with van der Waals surface area (Å²) in [6.07, 6.45) is -2.51. The van der Waals surface area contributed by atoms with E-state index in [0.717, 1.165) is 17.8 Å². The van der Waals surface area contributed by atoms with Gasteiger partial charge in [0, 0.05) is 26.5 Å². The lowest BCUT2D eigenvalue weighted by Gasteiger charge is -2.09. The van der Waals surface area contributed by atoms with Crippen molar-refractivity contribution >= 4 is 29.1 Å². The van der Waals surface area contributed by atoms with E-state index in [0.29, 0.717) is 6.20 Å². The highest BCUT2D eigenvalue weighted by molar-refractivity contribution is 8.00. The Bertz CT molecular complexity index is 638. The van der Waals surface area contributed by atoms with Crippen LogP contribution in [0.3, 0.4) is 0 Å². The standard InChI is InChI=1S/C13H11ClF3N3OS/c1-20(2)6-8(4-18)11(21)7-22-12-10(14)3-9(5-19-12)13(15,16)17/h3,5-6H,7H2,1-2H3/b8-6+. The van der Waals surface area contributed by atoms with Gasteiger partial charge in [-0.3, -0.25) is 4.79 Å². The van der Waals surface area contributed by atoms with E-state index in [2.05, 4.69) is 4.98 Å². The number of pyridine rings is 1. The Morgan fingerprint density at radius 3 is 2.64 bits per heavy atom. The molecule has 0 aliphatic rings. The van der Waals surface area contributed by atoms with Gasteiger partial charge in [0.15, 0.2) is 5.78 Å². The molecule has 1 rings (SSSR count). The van der Waals surface area contributed by atoms with Crippen molar-refractivity contribution in [1.82, 2.24) is 9.88 Å². The number of allylic oxidation sites excluding steroid dienone is 1. The Hall–Kier alpha value is -1.72. The second-order valence-electron chi connectivity index (χ2n) is 4.34. The summed E-state index contributed by atoms with van der Waals surface area (Å²) in [5.41, 5.74) is -1.01. The van der Waals surface area contributed by atoms with Crippen LogP contribution in [0, 0.1) is 11.3 Å². The first-order valence-corrected chi connectivity index (χ1v) is 7.18. The van der Waals surface area contributed by atoms with Crippen LogP contribution in [0.4, 0.5) is 13.2 Å². The number of carbonyl (C=O) groups is 1. The first-order chi connectivity index (χ1) is 10.1. The molecular weight excluding hydrogens is 339 g/mol. The molecule has 1 aromatic rings. The molecule has 0 atom stereocenters. The first kappa shape index (κ1) is 18.3. The van der Waals surface area contributed by atoms with Crippen molar-refractivity contribution in [3.8, 4) is 6.07 Å². The molecule has 1 heterocycles. The summed E-state index contributed by atoms with van der Waals surface area (Å²) in [7, 11) is 3.32. The summed E-state index contributed by atoms with van der Waals surface area (Å²) in [4.78, 5) is 17.0. The van der Waals surface area contributed by atoms with E-state index in [1.165, 1.54) is 6.20 Å². The average molecular weight is 350 g/mol. The van der Waals surface area contributed by atoms with Crippen LogP contribution >= 0.6 is 23.4 Å². The predicted octanol–water partition coefficient (Wildman–Crippen LogP) is 3.38. The molecule has 118 valence electrons. The quantitative estimate of drug-likeness (QED) is 0.463. The highest BCUT2D eigenvalue weighted by atomic mass is 35.5. The van der Waals surface area contributed by atoms with Crippen molar-refractivity contribution in [3.05, 3.63) is 34.6 Å². The number of ketones is 1. The zero-order valence-corrected chi connectivity index (χ0v) is 13.2. The number of thioether (sulfide) groups is 1. The van der Waals surface area contributed by atoms with Crippen LogP contribution in [-0.4, -0.2) is 35.5 Å². The molecule has 0 bridgehead atoms. The molecule has 0 aromatic carbocycles. The van der Waals surface area contributed by atoms with E-state index < -0.39 is 17.5 Å². The number of hydrogen-bond donors (Lipinski definition) is 0. The molecule has 0 N–H and O–H groups in total. The molecule has 9 heteroatoms. The lowest BCUT2D eigenvalue weighted by Crippen LogP contribution is -2.10. The van der Waals surface area contributed by atoms with Gasteiger partial charge in [-0.05, 0) is 6.07 Å². The Kier molecular flexibility index (Phi) is 6.26. The number of rotatable bonds is 5. The van der Waals surface area contributed by atoms with Gasteiger partial charge >= 0.3 is 6.18 Å². The van der Waals surface area contributed by atoms with Crippen LogP contribution in [0.5, 0.6) is 0 Å². The van der Waals surface area contributed by atoms with Crippen molar-refractivity contribution < 1.29 is 18.0 Å². The third-order valence-electron chi connectivity index (χ3n) is 2.28. The predicted molar refractivity (Wildman–Crippen MR) is 77.4 cm³/mol. The number of alkyl halides is 3. The summed E-state index contributed by atoms with van der Waals surface area (Å²) >= 11 is 6.61. The second kappa shape index (κ2) is 7.51. The zero-order chi connectivity index (χ0) is 16.9.